The summed E-state index contributed by atoms with van der Waals surface area (Å²) >= 11 is -1.43. The number of Topliss-reactive ketones (excluding diaryl/α,β-unsaturated/α-hetero) is 1. The largest absolute Gasteiger partial charge is 0.611 e. The minimum atomic E-state index is -4.72. The van der Waals surface area contributed by atoms with Crippen molar-refractivity contribution < 1.29 is 22.5 Å². The Morgan fingerprint density at radius 3 is 2.68 bits per heavy atom. The summed E-state index contributed by atoms with van der Waals surface area (Å²) in [6, 6.07) is 1.39. The van der Waals surface area contributed by atoms with Gasteiger partial charge in [0.1, 0.15) is 11.5 Å². The number of ketones is 1. The van der Waals surface area contributed by atoms with Gasteiger partial charge in [-0.2, -0.15) is 13.2 Å². The monoisotopic (exact) mass is 333 g/mol. The Morgan fingerprint density at radius 2 is 2.18 bits per heavy atom. The predicted octanol–water partition coefficient (Wildman–Crippen LogP) is 2.92. The van der Waals surface area contributed by atoms with E-state index in [0.717, 1.165) is 6.20 Å². The molecule has 1 aromatic rings. The molecule has 0 saturated heterocycles. The van der Waals surface area contributed by atoms with Crippen molar-refractivity contribution in [2.75, 3.05) is 11.1 Å². The molecule has 2 N–H and O–H groups in total. The van der Waals surface area contributed by atoms with Crippen LogP contribution in [-0.4, -0.2) is 33.0 Å². The van der Waals surface area contributed by atoms with E-state index in [1.807, 2.05) is 0 Å². The van der Waals surface area contributed by atoms with Crippen molar-refractivity contribution in [1.82, 2.24) is 4.98 Å². The van der Waals surface area contributed by atoms with E-state index in [-0.39, 0.29) is 27.8 Å². The van der Waals surface area contributed by atoms with Gasteiger partial charge in [0.25, 0.3) is 0 Å². The highest BCUT2D eigenvalue weighted by atomic mass is 32.2. The van der Waals surface area contributed by atoms with Crippen LogP contribution in [0.4, 0.5) is 18.9 Å². The molecule has 5 nitrogen and oxygen atoms in total. The molecule has 0 radical (unpaired) electrons. The number of hydrogen-bond acceptors (Lipinski definition) is 5. The van der Waals surface area contributed by atoms with Gasteiger partial charge in [0.05, 0.1) is 11.9 Å². The van der Waals surface area contributed by atoms with Crippen LogP contribution in [0.3, 0.4) is 0 Å². The molecule has 9 heteroatoms. The van der Waals surface area contributed by atoms with Gasteiger partial charge in [-0.3, -0.25) is 10.2 Å². The molecule has 0 aromatic carbocycles. The van der Waals surface area contributed by atoms with E-state index < -0.39 is 23.1 Å². The van der Waals surface area contributed by atoms with Gasteiger partial charge in [-0.25, -0.2) is 4.98 Å². The third-order valence-electron chi connectivity index (χ3n) is 2.50. The Balaban J connectivity index is 2.96. The molecule has 22 heavy (non-hydrogen) atoms. The van der Waals surface area contributed by atoms with Crippen LogP contribution in [0.25, 0.3) is 0 Å². The number of halogens is 3. The minimum absolute atomic E-state index is 0.0674. The number of nitrogens with zero attached hydrogens (tertiary/aromatic N) is 1. The summed E-state index contributed by atoms with van der Waals surface area (Å²) in [5, 5.41) is 9.28. The number of aromatic nitrogens is 1. The van der Waals surface area contributed by atoms with E-state index in [4.69, 9.17) is 5.41 Å². The molecule has 0 saturated carbocycles. The second kappa shape index (κ2) is 7.41. The molecule has 0 bridgehead atoms. The third kappa shape index (κ3) is 4.85. The molecule has 1 unspecified atom stereocenters. The zero-order valence-electron chi connectivity index (χ0n) is 11.8. The van der Waals surface area contributed by atoms with Crippen LogP contribution < -0.4 is 5.32 Å². The molecule has 1 aromatic heterocycles. The lowest BCUT2D eigenvalue weighted by molar-refractivity contribution is -0.0584. The van der Waals surface area contributed by atoms with E-state index in [0.29, 0.717) is 6.08 Å². The number of alkyl halides is 3. The smallest absolute Gasteiger partial charge is 0.432 e. The highest BCUT2D eigenvalue weighted by Crippen LogP contribution is 2.21. The van der Waals surface area contributed by atoms with Gasteiger partial charge < -0.3 is 9.87 Å². The van der Waals surface area contributed by atoms with Crippen LogP contribution in [0, 0.1) is 5.41 Å². The maximum atomic E-state index is 12.1. The van der Waals surface area contributed by atoms with Crippen LogP contribution in [0.5, 0.6) is 0 Å². The van der Waals surface area contributed by atoms with Gasteiger partial charge in [-0.1, -0.05) is 0 Å². The molecule has 0 aliphatic heterocycles. The fourth-order valence-corrected chi connectivity index (χ4v) is 2.41. The molecule has 120 valence electrons. The fraction of sp³-hybridized carbons (Fsp3) is 0.308. The van der Waals surface area contributed by atoms with Crippen molar-refractivity contribution >= 4 is 28.4 Å². The van der Waals surface area contributed by atoms with Crippen molar-refractivity contribution in [1.29, 1.82) is 5.41 Å². The molecule has 0 fully saturated rings. The first-order valence-corrected chi connectivity index (χ1v) is 7.47. The maximum absolute atomic E-state index is 12.1. The zero-order chi connectivity index (χ0) is 16.9. The van der Waals surface area contributed by atoms with Crippen molar-refractivity contribution in [2.45, 2.75) is 24.9 Å². The van der Waals surface area contributed by atoms with Gasteiger partial charge in [0.15, 0.2) is 16.4 Å². The van der Waals surface area contributed by atoms with Crippen molar-refractivity contribution in [3.05, 3.63) is 30.2 Å². The van der Waals surface area contributed by atoms with E-state index in [1.54, 1.807) is 6.92 Å². The van der Waals surface area contributed by atoms with E-state index in [9.17, 15) is 22.5 Å². The van der Waals surface area contributed by atoms with Gasteiger partial charge in [0, 0.05) is 19.2 Å². The van der Waals surface area contributed by atoms with Crippen LogP contribution in [0.1, 0.15) is 24.3 Å². The summed E-state index contributed by atoms with van der Waals surface area (Å²) in [6.07, 6.45) is -1.99. The highest BCUT2D eigenvalue weighted by molar-refractivity contribution is 7.91. The molecule has 1 heterocycles. The number of nitrogens with one attached hydrogen (secondary N) is 2. The van der Waals surface area contributed by atoms with Crippen LogP contribution in [-0.2, 0) is 11.2 Å². The number of rotatable bonds is 6. The average molecular weight is 333 g/mol. The lowest BCUT2D eigenvalue weighted by atomic mass is 10.2. The summed E-state index contributed by atoms with van der Waals surface area (Å²) in [5.41, 5.74) is -1.17. The average Bonchev–Trinajstić information content (AvgIpc) is 2.44. The van der Waals surface area contributed by atoms with E-state index in [1.165, 1.54) is 19.2 Å². The first-order valence-electron chi connectivity index (χ1n) is 6.15. The molecule has 1 rings (SSSR count). The Kier molecular flexibility index (Phi) is 6.12. The fourth-order valence-electron chi connectivity index (χ4n) is 1.43. The van der Waals surface area contributed by atoms with Gasteiger partial charge in [0.2, 0.25) is 0 Å². The number of carbonyl (C=O) groups is 1. The molecule has 0 spiro atoms. The summed E-state index contributed by atoms with van der Waals surface area (Å²) in [6.45, 7) is 2.96. The number of pyridine rings is 1. The van der Waals surface area contributed by atoms with Crippen molar-refractivity contribution in [3.8, 4) is 0 Å². The van der Waals surface area contributed by atoms with Crippen molar-refractivity contribution in [3.63, 3.8) is 0 Å². The molecule has 0 amide bonds. The van der Waals surface area contributed by atoms with Crippen LogP contribution >= 0.6 is 0 Å². The van der Waals surface area contributed by atoms with Gasteiger partial charge in [-0.15, -0.1) is 0 Å². The number of anilines is 1. The van der Waals surface area contributed by atoms with Crippen molar-refractivity contribution in [2.24, 2.45) is 0 Å². The second-order valence-corrected chi connectivity index (χ2v) is 5.86. The molecule has 0 aliphatic rings. The normalized spacial score (nSPS) is 13.2. The SMILES string of the molecule is CC[S+]([O-])c1cc(N/C=C\C(=N)C(F)(F)F)cnc1C(C)=O. The molecular formula is C13H14F3N3O2S. The van der Waals surface area contributed by atoms with Crippen LogP contribution in [0.2, 0.25) is 0 Å². The zero-order valence-corrected chi connectivity index (χ0v) is 12.6. The molecule has 0 aliphatic carbocycles. The summed E-state index contributed by atoms with van der Waals surface area (Å²) in [7, 11) is 0. The quantitative estimate of drug-likeness (QED) is 0.476. The summed E-state index contributed by atoms with van der Waals surface area (Å²) in [5.74, 6) is -0.0716. The van der Waals surface area contributed by atoms with Crippen LogP contribution in [0.15, 0.2) is 29.4 Å². The minimum Gasteiger partial charge on any atom is -0.611 e. The number of allylic oxidation sites excluding steroid dienone is 1. The predicted molar refractivity (Wildman–Crippen MR) is 77.7 cm³/mol. The lowest BCUT2D eigenvalue weighted by Crippen LogP contribution is -2.19. The number of hydrogen-bond donors (Lipinski definition) is 2. The Hall–Kier alpha value is -1.87. The van der Waals surface area contributed by atoms with Gasteiger partial charge >= 0.3 is 6.18 Å². The Morgan fingerprint density at radius 1 is 1.55 bits per heavy atom. The Labute approximate surface area is 128 Å². The first kappa shape index (κ1) is 18.2. The van der Waals surface area contributed by atoms with Gasteiger partial charge in [-0.05, 0) is 24.2 Å². The van der Waals surface area contributed by atoms with E-state index >= 15 is 0 Å². The van der Waals surface area contributed by atoms with E-state index in [2.05, 4.69) is 10.3 Å². The number of carbonyl (C=O) groups excluding carboxylic acids is 1. The molecule has 1 atom stereocenters. The first-order chi connectivity index (χ1) is 10.2. The summed E-state index contributed by atoms with van der Waals surface area (Å²) < 4.78 is 48.3. The topological polar surface area (TPSA) is 88.9 Å². The lowest BCUT2D eigenvalue weighted by Gasteiger charge is -2.12. The third-order valence-corrected chi connectivity index (χ3v) is 3.83. The highest BCUT2D eigenvalue weighted by Gasteiger charge is 2.32. The maximum Gasteiger partial charge on any atom is 0.432 e. The Bertz CT molecular complexity index is 603. The molecular weight excluding hydrogens is 319 g/mol. The summed E-state index contributed by atoms with van der Waals surface area (Å²) in [4.78, 5) is 15.5. The standard InChI is InChI=1S/C13H14F3N3O2S/c1-3-22(21)10-6-9(7-19-12(10)8(2)20)18-5-4-11(17)13(14,15)16/h4-7,17-18H,3H2,1-2H3/b5-4-,17-11?. The second-order valence-electron chi connectivity index (χ2n) is 4.15.